The molecule has 2 aliphatic rings. The van der Waals surface area contributed by atoms with Gasteiger partial charge in [0, 0.05) is 44.3 Å². The number of amides is 1. The molecule has 2 heterocycles. The van der Waals surface area contributed by atoms with Gasteiger partial charge < -0.3 is 14.6 Å². The standard InChI is InChI=1S/C14H22N4O2/c19-11-18(3-1-2-17-4-6-20-7-5-17)14-8-12(14)13-9-15-10-16-13/h9-12,14H,1-8H2,(H,15,16)/t12-,14+/m0/s1. The van der Waals surface area contributed by atoms with E-state index >= 15 is 0 Å². The highest BCUT2D eigenvalue weighted by atomic mass is 16.5. The van der Waals surface area contributed by atoms with Crippen molar-refractivity contribution in [2.45, 2.75) is 24.8 Å². The molecule has 0 radical (unpaired) electrons. The average molecular weight is 278 g/mol. The van der Waals surface area contributed by atoms with Crippen LogP contribution in [0.1, 0.15) is 24.5 Å². The predicted octanol–water partition coefficient (Wildman–Crippen LogP) is 0.446. The Morgan fingerprint density at radius 3 is 3.05 bits per heavy atom. The van der Waals surface area contributed by atoms with Crippen LogP contribution in [0.15, 0.2) is 12.5 Å². The lowest BCUT2D eigenvalue weighted by molar-refractivity contribution is -0.118. The summed E-state index contributed by atoms with van der Waals surface area (Å²) in [5.41, 5.74) is 1.08. The maximum Gasteiger partial charge on any atom is 0.209 e. The zero-order valence-corrected chi connectivity index (χ0v) is 11.7. The Morgan fingerprint density at radius 2 is 2.35 bits per heavy atom. The monoisotopic (exact) mass is 278 g/mol. The molecule has 20 heavy (non-hydrogen) atoms. The van der Waals surface area contributed by atoms with E-state index in [-0.39, 0.29) is 0 Å². The summed E-state index contributed by atoms with van der Waals surface area (Å²) in [6.07, 6.45) is 6.70. The minimum absolute atomic E-state index is 0.348. The Kier molecular flexibility index (Phi) is 4.32. The SMILES string of the molecule is O=CN(CCCN1CCOCC1)[C@@H]1C[C@H]1c1c[nH]cn1. The molecule has 0 unspecified atom stereocenters. The van der Waals surface area contributed by atoms with Crippen LogP contribution >= 0.6 is 0 Å². The van der Waals surface area contributed by atoms with Gasteiger partial charge in [0.25, 0.3) is 0 Å². The van der Waals surface area contributed by atoms with Gasteiger partial charge in [-0.3, -0.25) is 9.69 Å². The zero-order chi connectivity index (χ0) is 13.8. The van der Waals surface area contributed by atoms with Gasteiger partial charge in [-0.15, -0.1) is 0 Å². The van der Waals surface area contributed by atoms with E-state index in [1.807, 2.05) is 11.1 Å². The Labute approximate surface area is 119 Å². The first-order valence-electron chi connectivity index (χ1n) is 7.38. The molecule has 2 fully saturated rings. The van der Waals surface area contributed by atoms with Gasteiger partial charge in [0.1, 0.15) is 0 Å². The number of aromatic nitrogens is 2. The number of rotatable bonds is 7. The number of ether oxygens (including phenoxy) is 1. The highest BCUT2D eigenvalue weighted by Crippen LogP contribution is 2.43. The van der Waals surface area contributed by atoms with Crippen LogP contribution in [-0.2, 0) is 9.53 Å². The molecule has 0 aromatic carbocycles. The van der Waals surface area contributed by atoms with Gasteiger partial charge in [0.2, 0.25) is 6.41 Å². The molecule has 3 rings (SSSR count). The lowest BCUT2D eigenvalue weighted by Gasteiger charge is -2.27. The van der Waals surface area contributed by atoms with Crippen molar-refractivity contribution in [3.05, 3.63) is 18.2 Å². The Morgan fingerprint density at radius 1 is 1.50 bits per heavy atom. The van der Waals surface area contributed by atoms with E-state index in [1.165, 1.54) is 0 Å². The molecule has 1 amide bonds. The second-order valence-electron chi connectivity index (χ2n) is 5.55. The molecule has 2 atom stereocenters. The minimum Gasteiger partial charge on any atom is -0.379 e. The fourth-order valence-corrected chi connectivity index (χ4v) is 2.94. The van der Waals surface area contributed by atoms with Gasteiger partial charge in [0.15, 0.2) is 0 Å². The molecular formula is C14H22N4O2. The van der Waals surface area contributed by atoms with Gasteiger partial charge in [-0.1, -0.05) is 0 Å². The number of aromatic amines is 1. The van der Waals surface area contributed by atoms with Crippen LogP contribution < -0.4 is 0 Å². The topological polar surface area (TPSA) is 61.5 Å². The number of hydrogen-bond donors (Lipinski definition) is 1. The van der Waals surface area contributed by atoms with Crippen LogP contribution in [0.4, 0.5) is 0 Å². The maximum atomic E-state index is 11.2. The van der Waals surface area contributed by atoms with E-state index in [4.69, 9.17) is 4.74 Å². The van der Waals surface area contributed by atoms with E-state index in [0.717, 1.165) is 64.3 Å². The number of nitrogens with zero attached hydrogens (tertiary/aromatic N) is 3. The number of carbonyl (C=O) groups is 1. The van der Waals surface area contributed by atoms with Crippen LogP contribution in [0.3, 0.4) is 0 Å². The number of hydrogen-bond acceptors (Lipinski definition) is 4. The summed E-state index contributed by atoms with van der Waals surface area (Å²) in [7, 11) is 0. The van der Waals surface area contributed by atoms with Gasteiger partial charge in [-0.25, -0.2) is 4.98 Å². The first-order valence-corrected chi connectivity index (χ1v) is 7.38. The third kappa shape index (κ3) is 3.19. The van der Waals surface area contributed by atoms with Crippen LogP contribution in [0.5, 0.6) is 0 Å². The molecular weight excluding hydrogens is 256 g/mol. The van der Waals surface area contributed by atoms with Crippen LogP contribution in [0, 0.1) is 0 Å². The molecule has 110 valence electrons. The first-order chi connectivity index (χ1) is 9.88. The summed E-state index contributed by atoms with van der Waals surface area (Å²) in [4.78, 5) is 22.9. The molecule has 1 aliphatic carbocycles. The van der Waals surface area contributed by atoms with E-state index < -0.39 is 0 Å². The quantitative estimate of drug-likeness (QED) is 0.736. The second-order valence-corrected chi connectivity index (χ2v) is 5.55. The summed E-state index contributed by atoms with van der Waals surface area (Å²) in [5, 5.41) is 0. The highest BCUT2D eigenvalue weighted by molar-refractivity contribution is 5.49. The molecule has 6 nitrogen and oxygen atoms in total. The second kappa shape index (κ2) is 6.37. The zero-order valence-electron chi connectivity index (χ0n) is 11.7. The molecule has 1 aromatic rings. The third-order valence-electron chi connectivity index (χ3n) is 4.21. The third-order valence-corrected chi connectivity index (χ3v) is 4.21. The highest BCUT2D eigenvalue weighted by Gasteiger charge is 2.43. The van der Waals surface area contributed by atoms with E-state index in [0.29, 0.717) is 12.0 Å². The van der Waals surface area contributed by atoms with E-state index in [2.05, 4.69) is 14.9 Å². The van der Waals surface area contributed by atoms with Crippen molar-refractivity contribution in [2.75, 3.05) is 39.4 Å². The van der Waals surface area contributed by atoms with Crippen molar-refractivity contribution in [3.8, 4) is 0 Å². The molecule has 0 bridgehead atoms. The lowest BCUT2D eigenvalue weighted by atomic mass is 10.3. The smallest absolute Gasteiger partial charge is 0.209 e. The Hall–Kier alpha value is -1.40. The average Bonchev–Trinajstić information content (AvgIpc) is 3.09. The molecule has 1 aliphatic heterocycles. The number of carbonyl (C=O) groups excluding carboxylic acids is 1. The predicted molar refractivity (Wildman–Crippen MR) is 74.4 cm³/mol. The number of imidazole rings is 1. The van der Waals surface area contributed by atoms with Crippen molar-refractivity contribution < 1.29 is 9.53 Å². The number of morpholine rings is 1. The fraction of sp³-hybridized carbons (Fsp3) is 0.714. The molecule has 6 heteroatoms. The molecule has 1 N–H and O–H groups in total. The summed E-state index contributed by atoms with van der Waals surface area (Å²) in [6, 6.07) is 0.348. The summed E-state index contributed by atoms with van der Waals surface area (Å²) >= 11 is 0. The normalized spacial score (nSPS) is 26.4. The lowest BCUT2D eigenvalue weighted by Crippen LogP contribution is -2.38. The first kappa shape index (κ1) is 13.6. The number of nitrogens with one attached hydrogen (secondary N) is 1. The van der Waals surface area contributed by atoms with Crippen molar-refractivity contribution in [2.24, 2.45) is 0 Å². The van der Waals surface area contributed by atoms with Gasteiger partial charge in [0.05, 0.1) is 25.2 Å². The Bertz CT molecular complexity index is 417. The molecule has 0 spiro atoms. The summed E-state index contributed by atoms with van der Waals surface area (Å²) in [5.74, 6) is 0.426. The van der Waals surface area contributed by atoms with Crippen LogP contribution in [-0.4, -0.2) is 71.6 Å². The summed E-state index contributed by atoms with van der Waals surface area (Å²) in [6.45, 7) is 5.59. The van der Waals surface area contributed by atoms with Crippen molar-refractivity contribution in [1.82, 2.24) is 19.8 Å². The van der Waals surface area contributed by atoms with E-state index in [9.17, 15) is 4.79 Å². The number of H-pyrrole nitrogens is 1. The van der Waals surface area contributed by atoms with E-state index in [1.54, 1.807) is 6.33 Å². The van der Waals surface area contributed by atoms with Crippen molar-refractivity contribution >= 4 is 6.41 Å². The largest absolute Gasteiger partial charge is 0.379 e. The fourth-order valence-electron chi connectivity index (χ4n) is 2.94. The maximum absolute atomic E-state index is 11.2. The molecule has 1 saturated heterocycles. The van der Waals surface area contributed by atoms with Crippen LogP contribution in [0.25, 0.3) is 0 Å². The summed E-state index contributed by atoms with van der Waals surface area (Å²) < 4.78 is 5.33. The molecule has 1 saturated carbocycles. The van der Waals surface area contributed by atoms with Gasteiger partial charge in [-0.2, -0.15) is 0 Å². The van der Waals surface area contributed by atoms with Gasteiger partial charge in [-0.05, 0) is 12.8 Å². The minimum atomic E-state index is 0.348. The Balaban J connectivity index is 1.40. The van der Waals surface area contributed by atoms with Crippen molar-refractivity contribution in [1.29, 1.82) is 0 Å². The molecule has 1 aromatic heterocycles. The van der Waals surface area contributed by atoms with Crippen molar-refractivity contribution in [3.63, 3.8) is 0 Å². The van der Waals surface area contributed by atoms with Crippen LogP contribution in [0.2, 0.25) is 0 Å². The van der Waals surface area contributed by atoms with Gasteiger partial charge >= 0.3 is 0 Å².